The maximum atomic E-state index is 13.3. The largest absolute Gasteiger partial charge is 0.356 e. The molecule has 4 aliphatic rings. The van der Waals surface area contributed by atoms with E-state index in [1.165, 1.54) is 0 Å². The molecule has 180 valence electrons. The molecule has 0 aliphatic carbocycles. The molecule has 4 aliphatic heterocycles. The van der Waals surface area contributed by atoms with Crippen LogP contribution in [0.1, 0.15) is 44.9 Å². The van der Waals surface area contributed by atoms with Crippen molar-refractivity contribution in [1.82, 2.24) is 29.8 Å². The van der Waals surface area contributed by atoms with E-state index in [4.69, 9.17) is 0 Å². The van der Waals surface area contributed by atoms with Gasteiger partial charge in [-0.15, -0.1) is 0 Å². The second kappa shape index (κ2) is 9.73. The van der Waals surface area contributed by atoms with Crippen molar-refractivity contribution >= 4 is 17.8 Å². The van der Waals surface area contributed by atoms with Gasteiger partial charge in [0.15, 0.2) is 0 Å². The van der Waals surface area contributed by atoms with Crippen LogP contribution in [0.15, 0.2) is 18.5 Å². The minimum atomic E-state index is -0.0127. The highest BCUT2D eigenvalue weighted by atomic mass is 16.2. The fourth-order valence-corrected chi connectivity index (χ4v) is 6.33. The van der Waals surface area contributed by atoms with Gasteiger partial charge in [0.25, 0.3) is 0 Å². The highest BCUT2D eigenvalue weighted by molar-refractivity contribution is 5.80. The van der Waals surface area contributed by atoms with Crippen molar-refractivity contribution in [3.05, 3.63) is 18.5 Å². The minimum Gasteiger partial charge on any atom is -0.356 e. The van der Waals surface area contributed by atoms with Crippen LogP contribution in [0, 0.1) is 17.8 Å². The van der Waals surface area contributed by atoms with Gasteiger partial charge in [0, 0.05) is 76.6 Å². The van der Waals surface area contributed by atoms with Gasteiger partial charge in [-0.2, -0.15) is 5.10 Å². The zero-order chi connectivity index (χ0) is 22.8. The van der Waals surface area contributed by atoms with Crippen molar-refractivity contribution in [3.8, 4) is 0 Å². The molecule has 0 spiro atoms. The maximum Gasteiger partial charge on any atom is 0.320 e. The molecule has 4 fully saturated rings. The summed E-state index contributed by atoms with van der Waals surface area (Å²) in [4.78, 5) is 44.3. The number of nitrogens with zero attached hydrogens (tertiary/aromatic N) is 5. The number of amides is 4. The van der Waals surface area contributed by atoms with E-state index in [0.29, 0.717) is 49.8 Å². The highest BCUT2D eigenvalue weighted by Crippen LogP contribution is 2.38. The van der Waals surface area contributed by atoms with E-state index >= 15 is 0 Å². The minimum absolute atomic E-state index is 0.0127. The lowest BCUT2D eigenvalue weighted by molar-refractivity contribution is -0.144. The topological polar surface area (TPSA) is 90.8 Å². The van der Waals surface area contributed by atoms with Gasteiger partial charge < -0.3 is 20.0 Å². The molecule has 5 rings (SSSR count). The van der Waals surface area contributed by atoms with Crippen LogP contribution in [0.25, 0.3) is 0 Å². The Balaban J connectivity index is 1.06. The van der Waals surface area contributed by atoms with E-state index in [1.54, 1.807) is 6.20 Å². The summed E-state index contributed by atoms with van der Waals surface area (Å²) in [6, 6.07) is 2.34. The average Bonchev–Trinajstić information content (AvgIpc) is 3.35. The van der Waals surface area contributed by atoms with Gasteiger partial charge in [-0.1, -0.05) is 0 Å². The van der Waals surface area contributed by atoms with Gasteiger partial charge >= 0.3 is 6.03 Å². The van der Waals surface area contributed by atoms with Crippen molar-refractivity contribution in [1.29, 1.82) is 0 Å². The Morgan fingerprint density at radius 2 is 1.94 bits per heavy atom. The fourth-order valence-electron chi connectivity index (χ4n) is 6.33. The number of carbonyl (C=O) groups is 3. The van der Waals surface area contributed by atoms with Crippen LogP contribution >= 0.6 is 0 Å². The van der Waals surface area contributed by atoms with Crippen LogP contribution in [0.2, 0.25) is 0 Å². The Bertz CT molecular complexity index is 850. The van der Waals surface area contributed by atoms with Crippen LogP contribution < -0.4 is 5.32 Å². The second-order valence-corrected chi connectivity index (χ2v) is 10.2. The summed E-state index contributed by atoms with van der Waals surface area (Å²) < 4.78 is 1.87. The molecule has 1 N–H and O–H groups in total. The fraction of sp³-hybridized carbons (Fsp3) is 0.750. The van der Waals surface area contributed by atoms with Gasteiger partial charge in [0.1, 0.15) is 0 Å². The summed E-state index contributed by atoms with van der Waals surface area (Å²) >= 11 is 0. The predicted molar refractivity (Wildman–Crippen MR) is 122 cm³/mol. The van der Waals surface area contributed by atoms with Gasteiger partial charge in [-0.25, -0.2) is 4.79 Å². The molecular formula is C24H36N6O3. The first-order valence-corrected chi connectivity index (χ1v) is 12.7. The molecule has 0 saturated carbocycles. The first-order chi connectivity index (χ1) is 16.1. The quantitative estimate of drug-likeness (QED) is 0.681. The van der Waals surface area contributed by atoms with Crippen molar-refractivity contribution < 1.29 is 14.4 Å². The average molecular weight is 457 g/mol. The zero-order valence-electron chi connectivity index (χ0n) is 19.4. The molecule has 5 heterocycles. The van der Waals surface area contributed by atoms with Gasteiger partial charge in [-0.05, 0) is 56.4 Å². The summed E-state index contributed by atoms with van der Waals surface area (Å²) in [5.74, 6) is 1.22. The molecule has 4 amide bonds. The zero-order valence-corrected chi connectivity index (χ0v) is 19.4. The number of hydrogen-bond acceptors (Lipinski definition) is 4. The smallest absolute Gasteiger partial charge is 0.320 e. The Hall–Kier alpha value is -2.58. The van der Waals surface area contributed by atoms with Gasteiger partial charge in [-0.3, -0.25) is 14.3 Å². The molecular weight excluding hydrogens is 420 g/mol. The van der Waals surface area contributed by atoms with Crippen molar-refractivity contribution in [2.75, 3.05) is 39.3 Å². The van der Waals surface area contributed by atoms with Crippen LogP contribution in [-0.2, 0) is 16.1 Å². The molecule has 9 heteroatoms. The van der Waals surface area contributed by atoms with E-state index < -0.39 is 0 Å². The lowest BCUT2D eigenvalue weighted by Crippen LogP contribution is -2.62. The number of fused-ring (bicyclic) bond motifs is 4. The number of likely N-dealkylation sites (tertiary alicyclic amines) is 2. The van der Waals surface area contributed by atoms with Crippen molar-refractivity contribution in [2.45, 2.75) is 57.5 Å². The van der Waals surface area contributed by atoms with E-state index in [0.717, 1.165) is 64.7 Å². The SMILES string of the molecule is O=C(NCCCn1cccn1)C1CCN(C(=O)N2C[C@@H]3C[C@H](C2)[C@H]2CCCC(=O)N2C3)CC1. The second-order valence-electron chi connectivity index (χ2n) is 10.2. The molecule has 1 aromatic heterocycles. The predicted octanol–water partition coefficient (Wildman–Crippen LogP) is 1.55. The molecule has 9 nitrogen and oxygen atoms in total. The molecule has 2 bridgehead atoms. The summed E-state index contributed by atoms with van der Waals surface area (Å²) in [7, 11) is 0. The summed E-state index contributed by atoms with van der Waals surface area (Å²) in [6.45, 7) is 5.06. The monoisotopic (exact) mass is 456 g/mol. The molecule has 33 heavy (non-hydrogen) atoms. The third-order valence-corrected chi connectivity index (χ3v) is 8.01. The third-order valence-electron chi connectivity index (χ3n) is 8.01. The summed E-state index contributed by atoms with van der Waals surface area (Å²) in [5, 5.41) is 7.23. The van der Waals surface area contributed by atoms with Crippen molar-refractivity contribution in [2.24, 2.45) is 17.8 Å². The number of aromatic nitrogens is 2. The molecule has 0 unspecified atom stereocenters. The number of rotatable bonds is 5. The molecule has 3 atom stereocenters. The molecule has 0 aromatic carbocycles. The van der Waals surface area contributed by atoms with Crippen LogP contribution in [-0.4, -0.2) is 87.6 Å². The number of carbonyl (C=O) groups excluding carboxylic acids is 3. The van der Waals surface area contributed by atoms with Gasteiger partial charge in [0.05, 0.1) is 0 Å². The third kappa shape index (κ3) is 4.87. The first kappa shape index (κ1) is 22.2. The standard InChI is InChI=1S/C24H36N6O3/c31-22-5-1-4-21-20-14-18(16-30(21)22)15-28(17-20)24(33)27-12-6-19(7-13-27)23(32)25-8-2-10-29-11-3-9-26-29/h3,9,11,18-21H,1-2,4-8,10,12-17H2,(H,25,32)/t18-,20+,21+/m0/s1. The van der Waals surface area contributed by atoms with E-state index in [2.05, 4.69) is 15.3 Å². The number of aryl methyl sites for hydroxylation is 1. The first-order valence-electron chi connectivity index (χ1n) is 12.7. The van der Waals surface area contributed by atoms with E-state index in [9.17, 15) is 14.4 Å². The van der Waals surface area contributed by atoms with Crippen LogP contribution in [0.4, 0.5) is 4.79 Å². The van der Waals surface area contributed by atoms with Gasteiger partial charge in [0.2, 0.25) is 11.8 Å². The Morgan fingerprint density at radius 1 is 1.09 bits per heavy atom. The van der Waals surface area contributed by atoms with E-state index in [1.807, 2.05) is 26.7 Å². The number of hydrogen-bond donors (Lipinski definition) is 1. The maximum absolute atomic E-state index is 13.3. The Labute approximate surface area is 195 Å². The lowest BCUT2D eigenvalue weighted by Gasteiger charge is -2.53. The van der Waals surface area contributed by atoms with Crippen LogP contribution in [0.5, 0.6) is 0 Å². The summed E-state index contributed by atoms with van der Waals surface area (Å²) in [6.07, 6.45) is 9.87. The Kier molecular flexibility index (Phi) is 6.55. The normalized spacial score (nSPS) is 27.9. The number of urea groups is 1. The molecule has 0 radical (unpaired) electrons. The van der Waals surface area contributed by atoms with Crippen LogP contribution in [0.3, 0.4) is 0 Å². The molecule has 4 saturated heterocycles. The number of nitrogens with one attached hydrogen (secondary N) is 1. The van der Waals surface area contributed by atoms with Crippen molar-refractivity contribution in [3.63, 3.8) is 0 Å². The molecule has 1 aromatic rings. The Morgan fingerprint density at radius 3 is 2.73 bits per heavy atom. The highest BCUT2D eigenvalue weighted by Gasteiger charge is 2.45. The summed E-state index contributed by atoms with van der Waals surface area (Å²) in [5.41, 5.74) is 0. The lowest BCUT2D eigenvalue weighted by atomic mass is 9.76. The number of piperidine rings is 4. The van der Waals surface area contributed by atoms with E-state index in [-0.39, 0.29) is 17.9 Å².